The molecule has 0 spiro atoms. The standard InChI is InChI=1S/C16H18F3N/c1-15-8-14-13(20-14)7-10(15)3-2-9-6-11(16(17,18)19)4-5-12(9)15/h5,7,9,11,20H,2-4,6,8H2,1H3/t9?,11?,15-/m0/s1. The van der Waals surface area contributed by atoms with Crippen molar-refractivity contribution >= 4 is 0 Å². The van der Waals surface area contributed by atoms with E-state index < -0.39 is 12.1 Å². The van der Waals surface area contributed by atoms with Crippen molar-refractivity contribution in [2.75, 3.05) is 0 Å². The number of rotatable bonds is 0. The summed E-state index contributed by atoms with van der Waals surface area (Å²) in [6, 6.07) is 0. The third kappa shape index (κ3) is 1.69. The fraction of sp³-hybridized carbons (Fsp3) is 0.625. The summed E-state index contributed by atoms with van der Waals surface area (Å²) in [5, 5.41) is 3.29. The normalized spacial score (nSPS) is 39.0. The van der Waals surface area contributed by atoms with Crippen molar-refractivity contribution in [2.24, 2.45) is 17.3 Å². The molecular weight excluding hydrogens is 263 g/mol. The summed E-state index contributed by atoms with van der Waals surface area (Å²) >= 11 is 0. The molecule has 108 valence electrons. The Morgan fingerprint density at radius 3 is 2.90 bits per heavy atom. The summed E-state index contributed by atoms with van der Waals surface area (Å²) in [6.45, 7) is 2.22. The third-order valence-electron chi connectivity index (χ3n) is 5.60. The van der Waals surface area contributed by atoms with Crippen LogP contribution in [0.4, 0.5) is 13.2 Å². The van der Waals surface area contributed by atoms with Crippen LogP contribution in [0, 0.1) is 17.3 Å². The van der Waals surface area contributed by atoms with Crippen LogP contribution >= 0.6 is 0 Å². The van der Waals surface area contributed by atoms with E-state index in [-0.39, 0.29) is 24.2 Å². The molecule has 4 aliphatic rings. The Kier molecular flexibility index (Phi) is 2.33. The average molecular weight is 281 g/mol. The lowest BCUT2D eigenvalue weighted by atomic mass is 9.58. The van der Waals surface area contributed by atoms with Crippen molar-refractivity contribution < 1.29 is 13.2 Å². The molecule has 4 rings (SSSR count). The first-order valence-corrected chi connectivity index (χ1v) is 7.36. The highest BCUT2D eigenvalue weighted by atomic mass is 19.4. The van der Waals surface area contributed by atoms with Gasteiger partial charge in [-0.2, -0.15) is 13.2 Å². The molecule has 0 amide bonds. The van der Waals surface area contributed by atoms with Crippen LogP contribution in [0.1, 0.15) is 39.0 Å². The van der Waals surface area contributed by atoms with Gasteiger partial charge in [0, 0.05) is 17.5 Å². The van der Waals surface area contributed by atoms with Crippen molar-refractivity contribution in [3.05, 3.63) is 34.7 Å². The Morgan fingerprint density at radius 2 is 2.15 bits per heavy atom. The van der Waals surface area contributed by atoms with Crippen LogP contribution in [0.3, 0.4) is 0 Å². The Hall–Kier alpha value is -1.19. The van der Waals surface area contributed by atoms with Gasteiger partial charge in [0.2, 0.25) is 0 Å². The molecule has 0 aromatic rings. The van der Waals surface area contributed by atoms with Gasteiger partial charge in [0.15, 0.2) is 0 Å². The maximum Gasteiger partial charge on any atom is 0.392 e. The first kappa shape index (κ1) is 12.5. The van der Waals surface area contributed by atoms with E-state index >= 15 is 0 Å². The van der Waals surface area contributed by atoms with Crippen molar-refractivity contribution in [3.8, 4) is 0 Å². The molecule has 1 heterocycles. The van der Waals surface area contributed by atoms with E-state index in [1.54, 1.807) is 0 Å². The Labute approximate surface area is 116 Å². The predicted molar refractivity (Wildman–Crippen MR) is 70.6 cm³/mol. The van der Waals surface area contributed by atoms with Crippen LogP contribution in [-0.2, 0) is 0 Å². The molecule has 0 aromatic heterocycles. The zero-order chi connectivity index (χ0) is 14.1. The summed E-state index contributed by atoms with van der Waals surface area (Å²) in [7, 11) is 0. The van der Waals surface area contributed by atoms with Crippen LogP contribution in [-0.4, -0.2) is 6.18 Å². The van der Waals surface area contributed by atoms with Gasteiger partial charge in [-0.05, 0) is 37.7 Å². The number of hydrogen-bond donors (Lipinski definition) is 1. The smallest absolute Gasteiger partial charge is 0.356 e. The van der Waals surface area contributed by atoms with Gasteiger partial charge in [0.1, 0.15) is 0 Å². The molecular formula is C16H18F3N. The second kappa shape index (κ2) is 3.71. The van der Waals surface area contributed by atoms with E-state index in [0.717, 1.165) is 19.3 Å². The van der Waals surface area contributed by atoms with E-state index in [1.165, 1.54) is 22.5 Å². The summed E-state index contributed by atoms with van der Waals surface area (Å²) < 4.78 is 38.8. The molecule has 2 unspecified atom stereocenters. The number of fused-ring (bicyclic) bond motifs is 3. The van der Waals surface area contributed by atoms with Crippen molar-refractivity contribution in [2.45, 2.75) is 45.2 Å². The zero-order valence-electron chi connectivity index (χ0n) is 11.5. The highest BCUT2D eigenvalue weighted by molar-refractivity contribution is 5.52. The number of alkyl halides is 3. The molecule has 0 radical (unpaired) electrons. The lowest BCUT2D eigenvalue weighted by Gasteiger charge is -2.47. The second-order valence-electron chi connectivity index (χ2n) is 6.80. The topological polar surface area (TPSA) is 21.9 Å². The van der Waals surface area contributed by atoms with Gasteiger partial charge in [-0.15, -0.1) is 0 Å². The summed E-state index contributed by atoms with van der Waals surface area (Å²) in [5.41, 5.74) is 5.20. The van der Waals surface area contributed by atoms with Gasteiger partial charge in [0.25, 0.3) is 0 Å². The van der Waals surface area contributed by atoms with E-state index in [2.05, 4.69) is 18.3 Å². The highest BCUT2D eigenvalue weighted by Crippen LogP contribution is 2.58. The molecule has 3 atom stereocenters. The molecule has 1 N–H and O–H groups in total. The van der Waals surface area contributed by atoms with E-state index in [1.807, 2.05) is 6.08 Å². The number of halogens is 3. The third-order valence-corrected chi connectivity index (χ3v) is 5.60. The molecule has 0 saturated heterocycles. The van der Waals surface area contributed by atoms with Crippen molar-refractivity contribution in [1.29, 1.82) is 0 Å². The minimum atomic E-state index is -4.04. The molecule has 1 fully saturated rings. The van der Waals surface area contributed by atoms with Gasteiger partial charge < -0.3 is 5.32 Å². The Morgan fingerprint density at radius 1 is 1.35 bits per heavy atom. The molecule has 4 heteroatoms. The van der Waals surface area contributed by atoms with E-state index in [0.29, 0.717) is 0 Å². The zero-order valence-corrected chi connectivity index (χ0v) is 11.5. The van der Waals surface area contributed by atoms with Crippen LogP contribution in [0.25, 0.3) is 0 Å². The first-order valence-electron chi connectivity index (χ1n) is 7.36. The fourth-order valence-corrected chi connectivity index (χ4v) is 4.38. The van der Waals surface area contributed by atoms with E-state index in [9.17, 15) is 13.2 Å². The monoisotopic (exact) mass is 281 g/mol. The molecule has 0 aromatic carbocycles. The van der Waals surface area contributed by atoms with Gasteiger partial charge in [0.05, 0.1) is 11.6 Å². The lowest BCUT2D eigenvalue weighted by Crippen LogP contribution is -2.37. The highest BCUT2D eigenvalue weighted by Gasteiger charge is 2.50. The minimum Gasteiger partial charge on any atom is -0.356 e. The summed E-state index contributed by atoms with van der Waals surface area (Å²) in [6.07, 6.45) is 3.32. The first-order chi connectivity index (χ1) is 9.38. The quantitative estimate of drug-likeness (QED) is 0.651. The largest absolute Gasteiger partial charge is 0.392 e. The van der Waals surface area contributed by atoms with Crippen LogP contribution in [0.5, 0.6) is 0 Å². The maximum atomic E-state index is 12.9. The molecule has 3 aliphatic carbocycles. The average Bonchev–Trinajstić information content (AvgIpc) is 3.11. The van der Waals surface area contributed by atoms with Crippen LogP contribution < -0.4 is 5.32 Å². The molecule has 1 nitrogen and oxygen atoms in total. The fourth-order valence-electron chi connectivity index (χ4n) is 4.38. The minimum absolute atomic E-state index is 0.0260. The lowest BCUT2D eigenvalue weighted by molar-refractivity contribution is -0.179. The SMILES string of the molecule is C[C@]12CC3=C(C=C1CCC1CC(C(F)(F)F)CC=C12)N3. The second-order valence-corrected chi connectivity index (χ2v) is 6.80. The predicted octanol–water partition coefficient (Wildman–Crippen LogP) is 4.45. The molecule has 1 saturated carbocycles. The molecule has 0 bridgehead atoms. The van der Waals surface area contributed by atoms with Gasteiger partial charge in [-0.3, -0.25) is 0 Å². The van der Waals surface area contributed by atoms with Gasteiger partial charge in [-0.25, -0.2) is 0 Å². The van der Waals surface area contributed by atoms with Crippen LogP contribution in [0.15, 0.2) is 34.7 Å². The van der Waals surface area contributed by atoms with Gasteiger partial charge in [-0.1, -0.05) is 24.1 Å². The number of nitrogens with one attached hydrogen (secondary N) is 1. The number of allylic oxidation sites excluding steroid dienone is 5. The van der Waals surface area contributed by atoms with Crippen molar-refractivity contribution in [1.82, 2.24) is 5.32 Å². The van der Waals surface area contributed by atoms with E-state index in [4.69, 9.17) is 0 Å². The van der Waals surface area contributed by atoms with Crippen LogP contribution in [0.2, 0.25) is 0 Å². The Bertz CT molecular complexity index is 567. The van der Waals surface area contributed by atoms with Crippen molar-refractivity contribution in [3.63, 3.8) is 0 Å². The maximum absolute atomic E-state index is 12.9. The Balaban J connectivity index is 1.67. The summed E-state index contributed by atoms with van der Waals surface area (Å²) in [4.78, 5) is 0. The molecule has 20 heavy (non-hydrogen) atoms. The number of hydrogen-bond acceptors (Lipinski definition) is 1. The summed E-state index contributed by atoms with van der Waals surface area (Å²) in [5.74, 6) is -1.01. The molecule has 1 aliphatic heterocycles. The van der Waals surface area contributed by atoms with Gasteiger partial charge >= 0.3 is 6.18 Å².